The lowest BCUT2D eigenvalue weighted by Gasteiger charge is -2.38. The summed E-state index contributed by atoms with van der Waals surface area (Å²) in [5.74, 6) is 0. The fraction of sp³-hybridized carbons (Fsp3) is 1.00. The van der Waals surface area contributed by atoms with Gasteiger partial charge in [-0.1, -0.05) is 13.3 Å². The van der Waals surface area contributed by atoms with Crippen molar-refractivity contribution in [2.24, 2.45) is 11.1 Å². The predicted molar refractivity (Wildman–Crippen MR) is 64.8 cm³/mol. The maximum atomic E-state index is 6.19. The molecule has 0 unspecified atom stereocenters. The van der Waals surface area contributed by atoms with E-state index >= 15 is 0 Å². The van der Waals surface area contributed by atoms with E-state index < -0.39 is 0 Å². The van der Waals surface area contributed by atoms with Gasteiger partial charge in [0.15, 0.2) is 0 Å². The standard InChI is InChI=1S/C13H26N2/c1-2-4-12(7-8-12)11-15-10-9-13(14)5-3-6-13/h15H,2-11,14H2,1H3. The third-order valence-electron chi connectivity index (χ3n) is 4.39. The largest absolute Gasteiger partial charge is 0.325 e. The van der Waals surface area contributed by atoms with Crippen LogP contribution in [0.15, 0.2) is 0 Å². The Morgan fingerprint density at radius 1 is 1.13 bits per heavy atom. The molecule has 0 aromatic rings. The zero-order chi connectivity index (χ0) is 10.8. The number of hydrogen-bond acceptors (Lipinski definition) is 2. The van der Waals surface area contributed by atoms with Crippen molar-refractivity contribution in [3.63, 3.8) is 0 Å². The van der Waals surface area contributed by atoms with Gasteiger partial charge in [-0.05, 0) is 56.9 Å². The van der Waals surface area contributed by atoms with Gasteiger partial charge in [-0.15, -0.1) is 0 Å². The molecule has 0 heterocycles. The number of nitrogens with two attached hydrogens (primary N) is 1. The lowest BCUT2D eigenvalue weighted by Crippen LogP contribution is -2.48. The molecular weight excluding hydrogens is 184 g/mol. The van der Waals surface area contributed by atoms with E-state index in [0.717, 1.165) is 6.54 Å². The molecule has 2 aliphatic carbocycles. The second-order valence-corrected chi connectivity index (χ2v) is 5.89. The van der Waals surface area contributed by atoms with Crippen LogP contribution in [0.4, 0.5) is 0 Å². The van der Waals surface area contributed by atoms with E-state index in [-0.39, 0.29) is 5.54 Å². The zero-order valence-electron chi connectivity index (χ0n) is 10.1. The van der Waals surface area contributed by atoms with Crippen molar-refractivity contribution in [2.75, 3.05) is 13.1 Å². The summed E-state index contributed by atoms with van der Waals surface area (Å²) in [6.07, 6.45) is 10.6. The summed E-state index contributed by atoms with van der Waals surface area (Å²) in [6.45, 7) is 4.65. The highest BCUT2D eigenvalue weighted by Gasteiger charge is 2.41. The number of nitrogens with one attached hydrogen (secondary N) is 1. The van der Waals surface area contributed by atoms with Crippen molar-refractivity contribution in [1.82, 2.24) is 5.32 Å². The first-order valence-corrected chi connectivity index (χ1v) is 6.68. The molecule has 0 atom stereocenters. The van der Waals surface area contributed by atoms with Crippen molar-refractivity contribution in [2.45, 2.75) is 63.8 Å². The lowest BCUT2D eigenvalue weighted by molar-refractivity contribution is 0.227. The smallest absolute Gasteiger partial charge is 0.0166 e. The lowest BCUT2D eigenvalue weighted by atomic mass is 9.75. The van der Waals surface area contributed by atoms with Gasteiger partial charge in [0.05, 0.1) is 0 Å². The van der Waals surface area contributed by atoms with Crippen LogP contribution in [0.1, 0.15) is 58.3 Å². The molecule has 2 nitrogen and oxygen atoms in total. The first kappa shape index (κ1) is 11.4. The Kier molecular flexibility index (Phi) is 3.36. The minimum Gasteiger partial charge on any atom is -0.325 e. The highest BCUT2D eigenvalue weighted by atomic mass is 14.9. The zero-order valence-corrected chi connectivity index (χ0v) is 10.1. The normalized spacial score (nSPS) is 26.0. The van der Waals surface area contributed by atoms with Gasteiger partial charge in [-0.2, -0.15) is 0 Å². The maximum Gasteiger partial charge on any atom is 0.0166 e. The van der Waals surface area contributed by atoms with Gasteiger partial charge in [0, 0.05) is 12.1 Å². The van der Waals surface area contributed by atoms with Crippen LogP contribution < -0.4 is 11.1 Å². The van der Waals surface area contributed by atoms with Gasteiger partial charge in [0.25, 0.3) is 0 Å². The second kappa shape index (κ2) is 4.42. The van der Waals surface area contributed by atoms with E-state index in [9.17, 15) is 0 Å². The van der Waals surface area contributed by atoms with Gasteiger partial charge in [-0.25, -0.2) is 0 Å². The van der Waals surface area contributed by atoms with Crippen LogP contribution in [0.5, 0.6) is 0 Å². The van der Waals surface area contributed by atoms with Gasteiger partial charge in [-0.3, -0.25) is 0 Å². The molecule has 0 amide bonds. The molecule has 88 valence electrons. The molecule has 0 aliphatic heterocycles. The van der Waals surface area contributed by atoms with E-state index in [1.165, 1.54) is 57.9 Å². The summed E-state index contributed by atoms with van der Waals surface area (Å²) in [6, 6.07) is 0. The van der Waals surface area contributed by atoms with Crippen LogP contribution in [0.2, 0.25) is 0 Å². The fourth-order valence-corrected chi connectivity index (χ4v) is 2.79. The maximum absolute atomic E-state index is 6.19. The van der Waals surface area contributed by atoms with Gasteiger partial charge >= 0.3 is 0 Å². The summed E-state index contributed by atoms with van der Waals surface area (Å²) in [5, 5.41) is 3.62. The summed E-state index contributed by atoms with van der Waals surface area (Å²) in [7, 11) is 0. The molecule has 0 radical (unpaired) electrons. The molecule has 2 aliphatic rings. The second-order valence-electron chi connectivity index (χ2n) is 5.89. The van der Waals surface area contributed by atoms with Crippen LogP contribution in [0.3, 0.4) is 0 Å². The van der Waals surface area contributed by atoms with Crippen LogP contribution in [-0.4, -0.2) is 18.6 Å². The van der Waals surface area contributed by atoms with Gasteiger partial charge in [0.2, 0.25) is 0 Å². The van der Waals surface area contributed by atoms with Crippen molar-refractivity contribution in [1.29, 1.82) is 0 Å². The SMILES string of the molecule is CCCC1(CNCCC2(N)CCC2)CC1. The molecule has 2 saturated carbocycles. The Balaban J connectivity index is 1.55. The summed E-state index contributed by atoms with van der Waals surface area (Å²) in [4.78, 5) is 0. The van der Waals surface area contributed by atoms with E-state index in [1.54, 1.807) is 0 Å². The summed E-state index contributed by atoms with van der Waals surface area (Å²) in [5.41, 5.74) is 7.08. The Hall–Kier alpha value is -0.0800. The van der Waals surface area contributed by atoms with Gasteiger partial charge < -0.3 is 11.1 Å². The van der Waals surface area contributed by atoms with Crippen molar-refractivity contribution < 1.29 is 0 Å². The molecule has 0 aromatic heterocycles. The first-order chi connectivity index (χ1) is 7.18. The van der Waals surface area contributed by atoms with E-state index in [0.29, 0.717) is 5.41 Å². The number of hydrogen-bond donors (Lipinski definition) is 2. The van der Waals surface area contributed by atoms with Crippen LogP contribution >= 0.6 is 0 Å². The highest BCUT2D eigenvalue weighted by molar-refractivity contribution is 4.96. The van der Waals surface area contributed by atoms with E-state index in [2.05, 4.69) is 12.2 Å². The van der Waals surface area contributed by atoms with Crippen molar-refractivity contribution in [3.05, 3.63) is 0 Å². The molecule has 2 fully saturated rings. The predicted octanol–water partition coefficient (Wildman–Crippen LogP) is 2.43. The van der Waals surface area contributed by atoms with Crippen LogP contribution in [0.25, 0.3) is 0 Å². The summed E-state index contributed by atoms with van der Waals surface area (Å²) >= 11 is 0. The molecule has 0 spiro atoms. The Morgan fingerprint density at radius 3 is 2.33 bits per heavy atom. The van der Waals surface area contributed by atoms with Crippen molar-refractivity contribution >= 4 is 0 Å². The number of rotatable bonds is 7. The van der Waals surface area contributed by atoms with Crippen LogP contribution in [-0.2, 0) is 0 Å². The molecule has 0 saturated heterocycles. The molecule has 2 rings (SSSR count). The first-order valence-electron chi connectivity index (χ1n) is 6.68. The average molecular weight is 210 g/mol. The molecule has 0 aromatic carbocycles. The minimum absolute atomic E-state index is 0.203. The highest BCUT2D eigenvalue weighted by Crippen LogP contribution is 2.48. The molecule has 15 heavy (non-hydrogen) atoms. The monoisotopic (exact) mass is 210 g/mol. The van der Waals surface area contributed by atoms with Gasteiger partial charge in [0.1, 0.15) is 0 Å². The quantitative estimate of drug-likeness (QED) is 0.633. The topological polar surface area (TPSA) is 38.0 Å². The molecule has 2 heteroatoms. The Morgan fingerprint density at radius 2 is 1.87 bits per heavy atom. The average Bonchev–Trinajstić information content (AvgIpc) is 2.91. The fourth-order valence-electron chi connectivity index (χ4n) is 2.79. The van der Waals surface area contributed by atoms with E-state index in [4.69, 9.17) is 5.73 Å². The Bertz CT molecular complexity index is 205. The minimum atomic E-state index is 0.203. The van der Waals surface area contributed by atoms with Crippen LogP contribution in [0, 0.1) is 5.41 Å². The third-order valence-corrected chi connectivity index (χ3v) is 4.39. The molecular formula is C13H26N2. The Labute approximate surface area is 94.0 Å². The third kappa shape index (κ3) is 2.94. The van der Waals surface area contributed by atoms with E-state index in [1.807, 2.05) is 0 Å². The van der Waals surface area contributed by atoms with Crippen molar-refractivity contribution in [3.8, 4) is 0 Å². The molecule has 0 bridgehead atoms. The molecule has 3 N–H and O–H groups in total. The summed E-state index contributed by atoms with van der Waals surface area (Å²) < 4.78 is 0.